The average molecular weight is 652 g/mol. The predicted octanol–water partition coefficient (Wildman–Crippen LogP) is 6.74. The van der Waals surface area contributed by atoms with Gasteiger partial charge in [0.1, 0.15) is 17.0 Å². The van der Waals surface area contributed by atoms with E-state index in [1.807, 2.05) is 45.4 Å². The first-order chi connectivity index (χ1) is 22.0. The van der Waals surface area contributed by atoms with Crippen LogP contribution in [0.5, 0.6) is 11.6 Å². The number of carbonyl (C=O) groups excluding carboxylic acids is 3. The van der Waals surface area contributed by atoms with Crippen LogP contribution < -0.4 is 9.64 Å². The van der Waals surface area contributed by atoms with Gasteiger partial charge in [0.2, 0.25) is 5.88 Å². The molecule has 2 aromatic carbocycles. The second-order valence-electron chi connectivity index (χ2n) is 12.5. The predicted molar refractivity (Wildman–Crippen MR) is 170 cm³/mol. The molecule has 3 heterocycles. The summed E-state index contributed by atoms with van der Waals surface area (Å²) in [7, 11) is 3.32. The molecule has 248 valence electrons. The van der Waals surface area contributed by atoms with Gasteiger partial charge in [0, 0.05) is 62.3 Å². The first kappa shape index (κ1) is 33.3. The summed E-state index contributed by atoms with van der Waals surface area (Å²) in [6.07, 6.45) is -3.45. The molecule has 3 amide bonds. The quantitative estimate of drug-likeness (QED) is 0.237. The molecule has 10 nitrogen and oxygen atoms in total. The Morgan fingerprint density at radius 1 is 0.957 bits per heavy atom. The third-order valence-corrected chi connectivity index (χ3v) is 7.87. The molecule has 0 unspecified atom stereocenters. The Kier molecular flexibility index (Phi) is 8.94. The van der Waals surface area contributed by atoms with Crippen LogP contribution in [0.2, 0.25) is 0 Å². The zero-order valence-electron chi connectivity index (χ0n) is 27.0. The Morgan fingerprint density at radius 2 is 1.66 bits per heavy atom. The first-order valence-corrected chi connectivity index (χ1v) is 15.0. The summed E-state index contributed by atoms with van der Waals surface area (Å²) in [5.74, 6) is 0.103. The van der Waals surface area contributed by atoms with E-state index in [1.54, 1.807) is 40.1 Å². The van der Waals surface area contributed by atoms with Crippen molar-refractivity contribution in [3.05, 3.63) is 83.7 Å². The van der Waals surface area contributed by atoms with Gasteiger partial charge in [-0.15, -0.1) is 0 Å². The minimum absolute atomic E-state index is 0.104. The molecule has 47 heavy (non-hydrogen) atoms. The second-order valence-corrected chi connectivity index (χ2v) is 12.5. The molecule has 0 N–H and O–H groups in total. The molecule has 0 aliphatic carbocycles. The number of alkyl halides is 3. The van der Waals surface area contributed by atoms with Crippen molar-refractivity contribution in [1.29, 1.82) is 0 Å². The largest absolute Gasteiger partial charge is 0.444 e. The maximum absolute atomic E-state index is 13.6. The van der Waals surface area contributed by atoms with Crippen LogP contribution in [0, 0.1) is 0 Å². The number of nitrogens with zero attached hydrogens (tertiary/aromatic N) is 5. The molecule has 2 aromatic heterocycles. The minimum Gasteiger partial charge on any atom is -0.444 e. The fourth-order valence-electron chi connectivity index (χ4n) is 5.36. The maximum Gasteiger partial charge on any atom is 0.416 e. The van der Waals surface area contributed by atoms with Gasteiger partial charge >= 0.3 is 12.3 Å². The van der Waals surface area contributed by atoms with Crippen molar-refractivity contribution in [3.8, 4) is 11.6 Å². The lowest BCUT2D eigenvalue weighted by Crippen LogP contribution is -2.56. The smallest absolute Gasteiger partial charge is 0.416 e. The van der Waals surface area contributed by atoms with E-state index < -0.39 is 29.3 Å². The number of anilines is 1. The molecule has 1 aliphatic rings. The lowest BCUT2D eigenvalue weighted by molar-refractivity contribution is -0.137. The van der Waals surface area contributed by atoms with Crippen molar-refractivity contribution in [2.75, 3.05) is 31.6 Å². The van der Waals surface area contributed by atoms with Gasteiger partial charge in [-0.05, 0) is 82.3 Å². The van der Waals surface area contributed by atoms with Gasteiger partial charge in [0.15, 0.2) is 0 Å². The summed E-state index contributed by atoms with van der Waals surface area (Å²) >= 11 is 0. The van der Waals surface area contributed by atoms with Crippen molar-refractivity contribution in [3.63, 3.8) is 0 Å². The fourth-order valence-corrected chi connectivity index (χ4v) is 5.36. The summed E-state index contributed by atoms with van der Waals surface area (Å²) in [6, 6.07) is 14.2. The molecule has 5 rings (SSSR count). The monoisotopic (exact) mass is 651 g/mol. The number of fused-ring (bicyclic) bond motifs is 1. The molecule has 0 bridgehead atoms. The Balaban J connectivity index is 1.24. The van der Waals surface area contributed by atoms with Gasteiger partial charge in [-0.1, -0.05) is 0 Å². The first-order valence-electron chi connectivity index (χ1n) is 15.0. The molecular formula is C34H36F3N5O5. The Hall–Kier alpha value is -5.07. The summed E-state index contributed by atoms with van der Waals surface area (Å²) in [5.41, 5.74) is 0.417. The summed E-state index contributed by atoms with van der Waals surface area (Å²) in [6.45, 7) is 8.48. The van der Waals surface area contributed by atoms with Gasteiger partial charge in [-0.25, -0.2) is 9.78 Å². The molecule has 1 aliphatic heterocycles. The van der Waals surface area contributed by atoms with Crippen molar-refractivity contribution >= 4 is 34.5 Å². The number of hydrogen-bond acceptors (Lipinski definition) is 6. The Bertz CT molecular complexity index is 1800. The van der Waals surface area contributed by atoms with Crippen molar-refractivity contribution < 1.29 is 37.0 Å². The van der Waals surface area contributed by atoms with E-state index in [9.17, 15) is 27.6 Å². The van der Waals surface area contributed by atoms with Crippen LogP contribution in [0.3, 0.4) is 0 Å². The highest BCUT2D eigenvalue weighted by Crippen LogP contribution is 2.31. The topological polar surface area (TPSA) is 97.2 Å². The molecule has 13 heteroatoms. The number of benzene rings is 2. The number of ether oxygens (including phenoxy) is 2. The standard InChI is InChI=1S/C34H36F3N5O5/c1-21-20-41(32(45)47-33(2,3)4)15-16-42(21)31(44)28-18-23-17-26(12-13-27(23)40(28)6)46-29-14-11-25(19-38-29)39(5)30(43)22-7-9-24(10-8-22)34(35,36)37/h7-14,17-19,21H,15-16,20H2,1-6H3/t21-/m0/s1. The Morgan fingerprint density at radius 3 is 2.26 bits per heavy atom. The highest BCUT2D eigenvalue weighted by Gasteiger charge is 2.34. The number of amides is 3. The maximum atomic E-state index is 13.6. The summed E-state index contributed by atoms with van der Waals surface area (Å²) in [5, 5.41) is 0.784. The van der Waals surface area contributed by atoms with E-state index >= 15 is 0 Å². The van der Waals surface area contributed by atoms with Crippen molar-refractivity contribution in [2.45, 2.75) is 45.5 Å². The molecule has 4 aromatic rings. The average Bonchev–Trinajstić information content (AvgIpc) is 3.34. The van der Waals surface area contributed by atoms with Crippen molar-refractivity contribution in [1.82, 2.24) is 19.4 Å². The normalized spacial score (nSPS) is 15.5. The highest BCUT2D eigenvalue weighted by molar-refractivity contribution is 6.05. The van der Waals surface area contributed by atoms with Crippen LogP contribution in [0.25, 0.3) is 10.9 Å². The lowest BCUT2D eigenvalue weighted by Gasteiger charge is -2.40. The van der Waals surface area contributed by atoms with Gasteiger partial charge < -0.3 is 28.7 Å². The van der Waals surface area contributed by atoms with E-state index in [0.717, 1.165) is 35.2 Å². The second kappa shape index (κ2) is 12.6. The van der Waals surface area contributed by atoms with E-state index in [2.05, 4.69) is 4.98 Å². The lowest BCUT2D eigenvalue weighted by atomic mass is 10.1. The minimum atomic E-state index is -4.49. The van der Waals surface area contributed by atoms with Crippen LogP contribution >= 0.6 is 0 Å². The Labute approximate surface area is 270 Å². The molecular weight excluding hydrogens is 615 g/mol. The number of rotatable bonds is 5. The van der Waals surface area contributed by atoms with Gasteiger partial charge in [-0.2, -0.15) is 13.2 Å². The highest BCUT2D eigenvalue weighted by atomic mass is 19.4. The molecule has 1 saturated heterocycles. The summed E-state index contributed by atoms with van der Waals surface area (Å²) < 4.78 is 51.9. The van der Waals surface area contributed by atoms with Gasteiger partial charge in [0.05, 0.1) is 17.4 Å². The van der Waals surface area contributed by atoms with Gasteiger partial charge in [-0.3, -0.25) is 9.59 Å². The van der Waals surface area contributed by atoms with E-state index in [4.69, 9.17) is 9.47 Å². The van der Waals surface area contributed by atoms with Crippen LogP contribution in [0.4, 0.5) is 23.7 Å². The molecule has 0 spiro atoms. The number of pyridine rings is 1. The molecule has 0 radical (unpaired) electrons. The van der Waals surface area contributed by atoms with Crippen LogP contribution in [-0.4, -0.2) is 75.6 Å². The van der Waals surface area contributed by atoms with Crippen LogP contribution in [0.1, 0.15) is 54.1 Å². The molecule has 1 fully saturated rings. The fraction of sp³-hybridized carbons (Fsp3) is 0.353. The number of carbonyl (C=O) groups is 3. The zero-order chi connectivity index (χ0) is 34.3. The van der Waals surface area contributed by atoms with E-state index in [0.29, 0.717) is 36.8 Å². The third-order valence-electron chi connectivity index (χ3n) is 7.87. The van der Waals surface area contributed by atoms with E-state index in [-0.39, 0.29) is 23.4 Å². The summed E-state index contributed by atoms with van der Waals surface area (Å²) in [4.78, 5) is 47.9. The van der Waals surface area contributed by atoms with Crippen molar-refractivity contribution in [2.24, 2.45) is 7.05 Å². The number of aryl methyl sites for hydroxylation is 1. The number of piperazine rings is 1. The number of aromatic nitrogens is 2. The zero-order valence-corrected chi connectivity index (χ0v) is 27.0. The number of halogens is 3. The molecule has 0 saturated carbocycles. The van der Waals surface area contributed by atoms with Crippen LogP contribution in [0.15, 0.2) is 66.9 Å². The molecule has 1 atom stereocenters. The van der Waals surface area contributed by atoms with Crippen LogP contribution in [-0.2, 0) is 18.0 Å². The van der Waals surface area contributed by atoms with E-state index in [1.165, 1.54) is 18.1 Å². The third kappa shape index (κ3) is 7.34. The SMILES string of the molecule is C[C@H]1CN(C(=O)OC(C)(C)C)CCN1C(=O)c1cc2cc(Oc3ccc(N(C)C(=O)c4ccc(C(F)(F)F)cc4)cn3)ccc2n1C. The number of hydrogen-bond donors (Lipinski definition) is 0. The van der Waals surface area contributed by atoms with Gasteiger partial charge in [0.25, 0.3) is 11.8 Å².